The third kappa shape index (κ3) is 6.01. The highest BCUT2D eigenvalue weighted by molar-refractivity contribution is 5.95. The number of aliphatic carboxylic acids is 1. The first-order valence-electron chi connectivity index (χ1n) is 11.1. The number of carboxylic acid groups (broad SMARTS) is 1. The van der Waals surface area contributed by atoms with Gasteiger partial charge in [-0.25, -0.2) is 15.2 Å². The van der Waals surface area contributed by atoms with Crippen molar-refractivity contribution in [2.75, 3.05) is 10.3 Å². The van der Waals surface area contributed by atoms with Gasteiger partial charge >= 0.3 is 12.1 Å². The summed E-state index contributed by atoms with van der Waals surface area (Å²) < 4.78 is 40.4. The first-order chi connectivity index (χ1) is 17.5. The van der Waals surface area contributed by atoms with E-state index in [2.05, 4.69) is 20.7 Å². The van der Waals surface area contributed by atoms with E-state index in [4.69, 9.17) is 5.11 Å². The number of anilines is 3. The van der Waals surface area contributed by atoms with E-state index in [-0.39, 0.29) is 23.2 Å². The monoisotopic (exact) mass is 509 g/mol. The highest BCUT2D eigenvalue weighted by Gasteiger charge is 2.43. The van der Waals surface area contributed by atoms with Crippen LogP contribution in [-0.4, -0.2) is 39.0 Å². The van der Waals surface area contributed by atoms with E-state index >= 15 is 0 Å². The predicted octanol–water partition coefficient (Wildman–Crippen LogP) is 5.35. The van der Waals surface area contributed by atoms with Gasteiger partial charge in [0.25, 0.3) is 0 Å². The summed E-state index contributed by atoms with van der Waals surface area (Å²) in [5.41, 5.74) is 5.28. The summed E-state index contributed by atoms with van der Waals surface area (Å²) in [6.07, 6.45) is 0.403. The molecule has 11 heteroatoms. The minimum atomic E-state index is -4.51. The second-order valence-electron chi connectivity index (χ2n) is 8.28. The van der Waals surface area contributed by atoms with Crippen LogP contribution in [0.3, 0.4) is 0 Å². The number of hydrogen-bond acceptors (Lipinski definition) is 7. The normalized spacial score (nSPS) is 15.6. The number of halogens is 3. The summed E-state index contributed by atoms with van der Waals surface area (Å²) in [4.78, 5) is 31.5. The van der Waals surface area contributed by atoms with Crippen LogP contribution in [0.15, 0.2) is 72.6 Å². The molecule has 0 bridgehead atoms. The molecule has 0 saturated carbocycles. The van der Waals surface area contributed by atoms with Crippen LogP contribution in [0.5, 0.6) is 0 Å². The average molecular weight is 509 g/mol. The van der Waals surface area contributed by atoms with Crippen molar-refractivity contribution in [1.82, 2.24) is 15.4 Å². The molecule has 2 heterocycles. The number of carbonyl (C=O) groups is 2. The number of hydrazine groups is 1. The number of aromatic nitrogens is 2. The number of carbonyl (C=O) groups excluding carboxylic acids is 1. The summed E-state index contributed by atoms with van der Waals surface area (Å²) in [5, 5.41) is 13.2. The predicted molar refractivity (Wildman–Crippen MR) is 133 cm³/mol. The first-order valence-corrected chi connectivity index (χ1v) is 11.1. The van der Waals surface area contributed by atoms with Gasteiger partial charge in [-0.05, 0) is 55.3 Å². The van der Waals surface area contributed by atoms with E-state index in [1.165, 1.54) is 31.1 Å². The van der Waals surface area contributed by atoms with E-state index < -0.39 is 18.2 Å². The third-order valence-electron chi connectivity index (χ3n) is 5.50. The Morgan fingerprint density at radius 2 is 1.92 bits per heavy atom. The van der Waals surface area contributed by atoms with Gasteiger partial charge in [-0.2, -0.15) is 18.2 Å². The molecule has 1 aromatic heterocycles. The average Bonchev–Trinajstić information content (AvgIpc) is 3.25. The molecule has 1 atom stereocenters. The van der Waals surface area contributed by atoms with Gasteiger partial charge in [-0.3, -0.25) is 9.80 Å². The Labute approximate surface area is 210 Å². The van der Waals surface area contributed by atoms with Crippen LogP contribution in [0.25, 0.3) is 17.2 Å². The fraction of sp³-hybridized carbons (Fsp3) is 0.154. The van der Waals surface area contributed by atoms with Gasteiger partial charge in [-0.1, -0.05) is 30.3 Å². The van der Waals surface area contributed by atoms with Gasteiger partial charge in [-0.15, -0.1) is 0 Å². The van der Waals surface area contributed by atoms with E-state index in [1.54, 1.807) is 48.5 Å². The Hall–Kier alpha value is -4.51. The Kier molecular flexibility index (Phi) is 7.07. The molecule has 190 valence electrons. The molecule has 3 N–H and O–H groups in total. The number of allylic oxidation sites excluding steroid dienone is 1. The number of benzene rings is 2. The summed E-state index contributed by atoms with van der Waals surface area (Å²) in [5.74, 6) is -0.983. The van der Waals surface area contributed by atoms with Crippen LogP contribution >= 0.6 is 0 Å². The highest BCUT2D eigenvalue weighted by Crippen LogP contribution is 2.35. The third-order valence-corrected chi connectivity index (χ3v) is 5.50. The number of hydrogen-bond donors (Lipinski definition) is 3. The molecule has 0 saturated heterocycles. The number of Topliss-reactive ketones (excluding diaryl/α,β-unsaturated/α-hetero) is 1. The lowest BCUT2D eigenvalue weighted by Crippen LogP contribution is -2.45. The van der Waals surface area contributed by atoms with Crippen LogP contribution < -0.4 is 15.8 Å². The topological polar surface area (TPSA) is 107 Å². The fourth-order valence-corrected chi connectivity index (χ4v) is 3.72. The van der Waals surface area contributed by atoms with Gasteiger partial charge in [0.1, 0.15) is 6.04 Å². The summed E-state index contributed by atoms with van der Waals surface area (Å²) >= 11 is 0. The Morgan fingerprint density at radius 3 is 2.59 bits per heavy atom. The number of ketones is 1. The van der Waals surface area contributed by atoms with E-state index in [1.807, 2.05) is 0 Å². The van der Waals surface area contributed by atoms with Crippen molar-refractivity contribution >= 4 is 35.3 Å². The minimum Gasteiger partial charge on any atom is -0.478 e. The maximum absolute atomic E-state index is 13.5. The zero-order chi connectivity index (χ0) is 26.7. The summed E-state index contributed by atoms with van der Waals surface area (Å²) in [6.45, 7) is 2.97. The van der Waals surface area contributed by atoms with Crippen molar-refractivity contribution in [2.45, 2.75) is 26.1 Å². The Bertz CT molecular complexity index is 1420. The maximum atomic E-state index is 13.5. The number of carboxylic acids is 1. The minimum absolute atomic E-state index is 0.103. The van der Waals surface area contributed by atoms with Crippen molar-refractivity contribution in [2.24, 2.45) is 0 Å². The van der Waals surface area contributed by atoms with Crippen LogP contribution in [0.4, 0.5) is 30.6 Å². The largest absolute Gasteiger partial charge is 0.478 e. The second kappa shape index (κ2) is 10.2. The van der Waals surface area contributed by atoms with Crippen molar-refractivity contribution < 1.29 is 27.9 Å². The van der Waals surface area contributed by atoms with Crippen molar-refractivity contribution in [1.29, 1.82) is 0 Å². The zero-order valence-electron chi connectivity index (χ0n) is 19.7. The number of nitrogens with one attached hydrogen (secondary N) is 2. The molecule has 1 unspecified atom stereocenters. The van der Waals surface area contributed by atoms with Crippen LogP contribution in [-0.2, 0) is 4.79 Å². The van der Waals surface area contributed by atoms with E-state index in [9.17, 15) is 22.8 Å². The molecule has 1 aliphatic heterocycles. The molecule has 37 heavy (non-hydrogen) atoms. The molecule has 3 aromatic rings. The second-order valence-corrected chi connectivity index (χ2v) is 8.28. The molecule has 1 aliphatic rings. The molecule has 0 aliphatic carbocycles. The lowest BCUT2D eigenvalue weighted by molar-refractivity contribution is -0.142. The lowest BCUT2D eigenvalue weighted by atomic mass is 10.0. The smallest absolute Gasteiger partial charge is 0.409 e. The maximum Gasteiger partial charge on any atom is 0.409 e. The first kappa shape index (κ1) is 25.6. The molecule has 0 radical (unpaired) electrons. The summed E-state index contributed by atoms with van der Waals surface area (Å²) in [6, 6.07) is 11.6. The van der Waals surface area contributed by atoms with Crippen LogP contribution in [0, 0.1) is 0 Å². The molecule has 0 amide bonds. The molecule has 2 aromatic carbocycles. The molecule has 0 spiro atoms. The lowest BCUT2D eigenvalue weighted by Gasteiger charge is -2.25. The SMILES string of the molecule is CC(=O)c1cccc(Nc2ncc(-c3cccc(/C=C/C(=O)O)c3)c(N3NC(C(F)(F)F)C=C3C)n2)c1. The van der Waals surface area contributed by atoms with Crippen molar-refractivity contribution in [3.63, 3.8) is 0 Å². The van der Waals surface area contributed by atoms with Gasteiger partial charge in [0.15, 0.2) is 11.6 Å². The number of rotatable bonds is 7. The Balaban J connectivity index is 1.77. The van der Waals surface area contributed by atoms with Crippen molar-refractivity contribution in [3.05, 3.63) is 83.7 Å². The van der Waals surface area contributed by atoms with E-state index in [0.29, 0.717) is 27.9 Å². The van der Waals surface area contributed by atoms with Gasteiger partial charge in [0.2, 0.25) is 5.95 Å². The van der Waals surface area contributed by atoms with Gasteiger partial charge in [0.05, 0.1) is 0 Å². The zero-order valence-corrected chi connectivity index (χ0v) is 19.7. The standard InChI is InChI=1S/C26H22F3N5O3/c1-15-11-22(26(27,28)29)33-34(15)24-21(19-7-3-5-17(12-19)9-10-23(36)37)14-30-25(32-24)31-20-8-4-6-18(13-20)16(2)35/h3-14,22,33H,1-2H3,(H,36,37)(H,30,31,32)/b10-9+. The summed E-state index contributed by atoms with van der Waals surface area (Å²) in [7, 11) is 0. The van der Waals surface area contributed by atoms with Gasteiger partial charge in [0, 0.05) is 34.8 Å². The number of alkyl halides is 3. The molecule has 4 rings (SSSR count). The number of nitrogens with zero attached hydrogens (tertiary/aromatic N) is 3. The van der Waals surface area contributed by atoms with Crippen LogP contribution in [0.1, 0.15) is 29.8 Å². The van der Waals surface area contributed by atoms with Crippen molar-refractivity contribution in [3.8, 4) is 11.1 Å². The van der Waals surface area contributed by atoms with Crippen LogP contribution in [0.2, 0.25) is 0 Å². The molecular formula is C26H22F3N5O3. The molecular weight excluding hydrogens is 487 g/mol. The molecule has 0 fully saturated rings. The molecule has 8 nitrogen and oxygen atoms in total. The highest BCUT2D eigenvalue weighted by atomic mass is 19.4. The quantitative estimate of drug-likeness (QED) is 0.289. The fourth-order valence-electron chi connectivity index (χ4n) is 3.72. The van der Waals surface area contributed by atoms with Gasteiger partial charge < -0.3 is 10.4 Å². The van der Waals surface area contributed by atoms with E-state index in [0.717, 1.165) is 12.2 Å². The Morgan fingerprint density at radius 1 is 1.16 bits per heavy atom.